The summed E-state index contributed by atoms with van der Waals surface area (Å²) >= 11 is 6.00. The molecule has 0 saturated carbocycles. The number of aryl methyl sites for hydroxylation is 1. The topological polar surface area (TPSA) is 50.2 Å². The van der Waals surface area contributed by atoms with Crippen LogP contribution >= 0.6 is 11.6 Å². The fourth-order valence-electron chi connectivity index (χ4n) is 1.62. The molecule has 2 aromatic rings. The van der Waals surface area contributed by atoms with Gasteiger partial charge in [-0.3, -0.25) is 0 Å². The van der Waals surface area contributed by atoms with Crippen molar-refractivity contribution in [3.63, 3.8) is 0 Å². The molecular weight excluding hydrogens is 238 g/mol. The lowest BCUT2D eigenvalue weighted by Crippen LogP contribution is -1.89. The highest BCUT2D eigenvalue weighted by molar-refractivity contribution is 6.31. The lowest BCUT2D eigenvalue weighted by atomic mass is 10.1. The van der Waals surface area contributed by atoms with Crippen molar-refractivity contribution in [2.24, 2.45) is 0 Å². The predicted octanol–water partition coefficient (Wildman–Crippen LogP) is 3.29. The van der Waals surface area contributed by atoms with E-state index in [0.29, 0.717) is 10.7 Å². The van der Waals surface area contributed by atoms with Crippen molar-refractivity contribution in [2.75, 3.05) is 0 Å². The first kappa shape index (κ1) is 11.6. The van der Waals surface area contributed by atoms with Crippen molar-refractivity contribution in [1.82, 2.24) is 4.98 Å². The minimum absolute atomic E-state index is 0.310. The Balaban J connectivity index is 2.60. The van der Waals surface area contributed by atoms with Crippen LogP contribution in [0.1, 0.15) is 11.1 Å². The maximum Gasteiger partial charge on any atom is 0.328 e. The summed E-state index contributed by atoms with van der Waals surface area (Å²) in [5.74, 6) is -1.01. The fraction of sp³-hybridized carbons (Fsp3) is 0.0769. The average molecular weight is 248 g/mol. The van der Waals surface area contributed by atoms with Crippen molar-refractivity contribution < 1.29 is 9.90 Å². The van der Waals surface area contributed by atoms with E-state index in [1.165, 1.54) is 6.08 Å². The number of hydrogen-bond donors (Lipinski definition) is 1. The lowest BCUT2D eigenvalue weighted by molar-refractivity contribution is -0.131. The van der Waals surface area contributed by atoms with Gasteiger partial charge in [-0.15, -0.1) is 0 Å². The maximum atomic E-state index is 10.5. The number of fused-ring (bicyclic) bond motifs is 1. The molecule has 86 valence electrons. The quantitative estimate of drug-likeness (QED) is 0.654. The molecule has 3 nitrogen and oxygen atoms in total. The van der Waals surface area contributed by atoms with E-state index in [1.54, 1.807) is 0 Å². The van der Waals surface area contributed by atoms with Crippen LogP contribution < -0.4 is 0 Å². The van der Waals surface area contributed by atoms with Crippen molar-refractivity contribution in [3.8, 4) is 0 Å². The fourth-order valence-corrected chi connectivity index (χ4v) is 1.82. The number of benzene rings is 1. The third-order valence-corrected chi connectivity index (χ3v) is 2.74. The zero-order valence-electron chi connectivity index (χ0n) is 9.14. The Hall–Kier alpha value is -1.87. The standard InChI is InChI=1S/C13H10ClNO2/c1-8-3-2-4-9-7-10(5-6-11(16)17)13(14)15-12(8)9/h2-7H,1H3,(H,16,17). The van der Waals surface area contributed by atoms with E-state index in [0.717, 1.165) is 22.5 Å². The summed E-state index contributed by atoms with van der Waals surface area (Å²) < 4.78 is 0. The monoisotopic (exact) mass is 247 g/mol. The number of aromatic nitrogens is 1. The van der Waals surface area contributed by atoms with Crippen LogP contribution in [0.5, 0.6) is 0 Å². The van der Waals surface area contributed by atoms with Gasteiger partial charge in [-0.25, -0.2) is 9.78 Å². The van der Waals surface area contributed by atoms with Crippen LogP contribution in [0.2, 0.25) is 5.15 Å². The molecule has 0 saturated heterocycles. The summed E-state index contributed by atoms with van der Waals surface area (Å²) in [6, 6.07) is 7.64. The summed E-state index contributed by atoms with van der Waals surface area (Å²) in [7, 11) is 0. The predicted molar refractivity (Wildman–Crippen MR) is 68.2 cm³/mol. The summed E-state index contributed by atoms with van der Waals surface area (Å²) in [5.41, 5.74) is 2.48. The van der Waals surface area contributed by atoms with Crippen LogP contribution in [0, 0.1) is 6.92 Å². The van der Waals surface area contributed by atoms with Crippen LogP contribution in [-0.4, -0.2) is 16.1 Å². The van der Waals surface area contributed by atoms with Gasteiger partial charge in [0, 0.05) is 17.0 Å². The van der Waals surface area contributed by atoms with E-state index >= 15 is 0 Å². The van der Waals surface area contributed by atoms with Gasteiger partial charge in [-0.1, -0.05) is 29.8 Å². The van der Waals surface area contributed by atoms with Gasteiger partial charge in [-0.2, -0.15) is 0 Å². The molecule has 0 aliphatic carbocycles. The Labute approximate surface area is 103 Å². The largest absolute Gasteiger partial charge is 0.478 e. The van der Waals surface area contributed by atoms with Gasteiger partial charge in [-0.05, 0) is 24.6 Å². The zero-order valence-corrected chi connectivity index (χ0v) is 9.90. The number of halogens is 1. The van der Waals surface area contributed by atoms with Gasteiger partial charge in [0.05, 0.1) is 5.52 Å². The first-order valence-electron chi connectivity index (χ1n) is 5.05. The Kier molecular flexibility index (Phi) is 3.11. The molecule has 0 radical (unpaired) electrons. The Bertz CT molecular complexity index is 620. The Morgan fingerprint density at radius 2 is 2.24 bits per heavy atom. The number of pyridine rings is 1. The second-order valence-corrected chi connectivity index (χ2v) is 4.04. The number of hydrogen-bond acceptors (Lipinski definition) is 2. The van der Waals surface area contributed by atoms with Gasteiger partial charge in [0.15, 0.2) is 0 Å². The van der Waals surface area contributed by atoms with E-state index in [1.807, 2.05) is 31.2 Å². The second-order valence-electron chi connectivity index (χ2n) is 3.69. The minimum Gasteiger partial charge on any atom is -0.478 e. The molecule has 0 unspecified atom stereocenters. The first-order chi connectivity index (χ1) is 8.08. The molecule has 1 N–H and O–H groups in total. The van der Waals surface area contributed by atoms with Gasteiger partial charge in [0.1, 0.15) is 5.15 Å². The molecule has 1 heterocycles. The first-order valence-corrected chi connectivity index (χ1v) is 5.42. The lowest BCUT2D eigenvalue weighted by Gasteiger charge is -2.04. The summed E-state index contributed by atoms with van der Waals surface area (Å²) in [6.45, 7) is 1.96. The molecule has 0 amide bonds. The summed E-state index contributed by atoms with van der Waals surface area (Å²) in [5, 5.41) is 9.83. The highest BCUT2D eigenvalue weighted by Gasteiger charge is 2.04. The van der Waals surface area contributed by atoms with Crippen LogP contribution in [0.25, 0.3) is 17.0 Å². The molecule has 0 atom stereocenters. The highest BCUT2D eigenvalue weighted by Crippen LogP contribution is 2.23. The van der Waals surface area contributed by atoms with Crippen molar-refractivity contribution >= 4 is 34.5 Å². The number of rotatable bonds is 2. The molecule has 1 aromatic heterocycles. The van der Waals surface area contributed by atoms with E-state index in [-0.39, 0.29) is 0 Å². The number of carboxylic acid groups (broad SMARTS) is 1. The number of aliphatic carboxylic acids is 1. The molecule has 0 spiro atoms. The normalized spacial score (nSPS) is 11.2. The molecule has 4 heteroatoms. The molecule has 17 heavy (non-hydrogen) atoms. The molecule has 0 aliphatic heterocycles. The second kappa shape index (κ2) is 4.55. The van der Waals surface area contributed by atoms with E-state index in [2.05, 4.69) is 4.98 Å². The van der Waals surface area contributed by atoms with E-state index in [4.69, 9.17) is 16.7 Å². The Morgan fingerprint density at radius 1 is 1.47 bits per heavy atom. The summed E-state index contributed by atoms with van der Waals surface area (Å²) in [4.78, 5) is 14.7. The third-order valence-electron chi connectivity index (χ3n) is 2.43. The minimum atomic E-state index is -1.01. The van der Waals surface area contributed by atoms with Crippen LogP contribution in [0.4, 0.5) is 0 Å². The van der Waals surface area contributed by atoms with Crippen molar-refractivity contribution in [3.05, 3.63) is 46.6 Å². The highest BCUT2D eigenvalue weighted by atomic mass is 35.5. The van der Waals surface area contributed by atoms with E-state index in [9.17, 15) is 4.79 Å². The van der Waals surface area contributed by atoms with Gasteiger partial charge in [0.2, 0.25) is 0 Å². The van der Waals surface area contributed by atoms with Crippen molar-refractivity contribution in [2.45, 2.75) is 6.92 Å². The van der Waals surface area contributed by atoms with Gasteiger partial charge in [0.25, 0.3) is 0 Å². The van der Waals surface area contributed by atoms with Gasteiger partial charge < -0.3 is 5.11 Å². The average Bonchev–Trinajstić information content (AvgIpc) is 2.28. The molecule has 0 fully saturated rings. The van der Waals surface area contributed by atoms with Crippen LogP contribution in [0.3, 0.4) is 0 Å². The molecule has 0 aliphatic rings. The Morgan fingerprint density at radius 3 is 2.94 bits per heavy atom. The molecular formula is C13H10ClNO2. The number of carbonyl (C=O) groups is 1. The maximum absolute atomic E-state index is 10.5. The molecule has 0 bridgehead atoms. The SMILES string of the molecule is Cc1cccc2cc(C=CC(=O)O)c(Cl)nc12. The number of nitrogens with zero attached hydrogens (tertiary/aromatic N) is 1. The van der Waals surface area contributed by atoms with E-state index < -0.39 is 5.97 Å². The smallest absolute Gasteiger partial charge is 0.328 e. The summed E-state index contributed by atoms with van der Waals surface area (Å²) in [6.07, 6.45) is 2.49. The molecule has 1 aromatic carbocycles. The zero-order chi connectivity index (χ0) is 12.4. The van der Waals surface area contributed by atoms with Crippen LogP contribution in [-0.2, 0) is 4.79 Å². The number of para-hydroxylation sites is 1. The van der Waals surface area contributed by atoms with Crippen LogP contribution in [0.15, 0.2) is 30.3 Å². The van der Waals surface area contributed by atoms with Gasteiger partial charge >= 0.3 is 5.97 Å². The third kappa shape index (κ3) is 2.45. The molecule has 2 rings (SSSR count). The number of carboxylic acids is 1. The van der Waals surface area contributed by atoms with Crippen molar-refractivity contribution in [1.29, 1.82) is 0 Å².